The van der Waals surface area contributed by atoms with Gasteiger partial charge in [0.15, 0.2) is 0 Å². The standard InChI is InChI=1S/C39H25NO/c1-2-11-26(12-3-1)27-14-10-15-29(23-27)41-39-34-20-9-8-19-33(34)38(37-25-40-22-21-35(37)39)36-24-28-13-4-5-16-30(28)31-17-6-7-18-32(31)36/h1-25H. The fourth-order valence-corrected chi connectivity index (χ4v) is 6.13. The molecule has 0 saturated carbocycles. The molecule has 0 aliphatic carbocycles. The third-order valence-electron chi connectivity index (χ3n) is 7.97. The highest BCUT2D eigenvalue weighted by Crippen LogP contribution is 2.47. The van der Waals surface area contributed by atoms with Crippen molar-refractivity contribution in [3.63, 3.8) is 0 Å². The molecule has 1 heterocycles. The van der Waals surface area contributed by atoms with Crippen LogP contribution in [0.15, 0.2) is 152 Å². The van der Waals surface area contributed by atoms with E-state index in [9.17, 15) is 0 Å². The molecule has 0 aliphatic rings. The Balaban J connectivity index is 1.41. The first-order valence-electron chi connectivity index (χ1n) is 13.9. The van der Waals surface area contributed by atoms with E-state index in [4.69, 9.17) is 4.74 Å². The van der Waals surface area contributed by atoms with Crippen LogP contribution in [0.1, 0.15) is 0 Å². The van der Waals surface area contributed by atoms with Gasteiger partial charge in [-0.25, -0.2) is 0 Å². The van der Waals surface area contributed by atoms with E-state index in [2.05, 4.69) is 132 Å². The van der Waals surface area contributed by atoms with Crippen molar-refractivity contribution in [1.29, 1.82) is 0 Å². The van der Waals surface area contributed by atoms with E-state index >= 15 is 0 Å². The number of nitrogens with zero attached hydrogens (tertiary/aromatic N) is 1. The second-order valence-electron chi connectivity index (χ2n) is 10.4. The Morgan fingerprint density at radius 2 is 1.10 bits per heavy atom. The van der Waals surface area contributed by atoms with Crippen molar-refractivity contribution >= 4 is 43.1 Å². The fraction of sp³-hybridized carbons (Fsp3) is 0. The minimum absolute atomic E-state index is 0.804. The fourth-order valence-electron chi connectivity index (χ4n) is 6.13. The molecule has 8 rings (SSSR count). The monoisotopic (exact) mass is 523 g/mol. The Hall–Kier alpha value is -5.47. The number of hydrogen-bond acceptors (Lipinski definition) is 2. The molecule has 0 fully saturated rings. The smallest absolute Gasteiger partial charge is 0.143 e. The zero-order chi connectivity index (χ0) is 27.2. The third kappa shape index (κ3) is 3.92. The molecule has 8 aromatic rings. The quantitative estimate of drug-likeness (QED) is 0.169. The molecule has 2 heteroatoms. The van der Waals surface area contributed by atoms with Gasteiger partial charge in [0.1, 0.15) is 11.5 Å². The number of pyridine rings is 1. The van der Waals surface area contributed by atoms with Gasteiger partial charge in [-0.3, -0.25) is 4.98 Å². The summed E-state index contributed by atoms with van der Waals surface area (Å²) in [6.07, 6.45) is 3.83. The van der Waals surface area contributed by atoms with Crippen LogP contribution in [0.25, 0.3) is 65.3 Å². The van der Waals surface area contributed by atoms with Crippen LogP contribution in [0.4, 0.5) is 0 Å². The molecular weight excluding hydrogens is 498 g/mol. The van der Waals surface area contributed by atoms with Gasteiger partial charge in [-0.05, 0) is 73.5 Å². The summed E-state index contributed by atoms with van der Waals surface area (Å²) >= 11 is 0. The Bertz CT molecular complexity index is 2180. The van der Waals surface area contributed by atoms with Gasteiger partial charge in [-0.15, -0.1) is 0 Å². The molecule has 0 unspecified atom stereocenters. The van der Waals surface area contributed by atoms with Gasteiger partial charge in [0.25, 0.3) is 0 Å². The second kappa shape index (κ2) is 9.62. The average Bonchev–Trinajstić information content (AvgIpc) is 3.05. The van der Waals surface area contributed by atoms with Crippen LogP contribution < -0.4 is 4.74 Å². The lowest BCUT2D eigenvalue weighted by molar-refractivity contribution is 0.494. The molecule has 0 radical (unpaired) electrons. The first-order valence-corrected chi connectivity index (χ1v) is 13.9. The van der Waals surface area contributed by atoms with E-state index in [0.29, 0.717) is 0 Å². The van der Waals surface area contributed by atoms with Gasteiger partial charge in [0.2, 0.25) is 0 Å². The van der Waals surface area contributed by atoms with E-state index in [-0.39, 0.29) is 0 Å². The summed E-state index contributed by atoms with van der Waals surface area (Å²) in [6.45, 7) is 0. The summed E-state index contributed by atoms with van der Waals surface area (Å²) < 4.78 is 6.79. The summed E-state index contributed by atoms with van der Waals surface area (Å²) in [5.74, 6) is 1.65. The van der Waals surface area contributed by atoms with E-state index in [1.807, 2.05) is 24.5 Å². The molecule has 7 aromatic carbocycles. The highest BCUT2D eigenvalue weighted by Gasteiger charge is 2.19. The van der Waals surface area contributed by atoms with E-state index in [1.54, 1.807) is 0 Å². The Morgan fingerprint density at radius 1 is 0.439 bits per heavy atom. The maximum Gasteiger partial charge on any atom is 0.143 e. The van der Waals surface area contributed by atoms with Crippen LogP contribution in [0, 0.1) is 0 Å². The average molecular weight is 524 g/mol. The molecule has 0 amide bonds. The van der Waals surface area contributed by atoms with Crippen LogP contribution in [0.3, 0.4) is 0 Å². The normalized spacial score (nSPS) is 11.4. The Labute approximate surface area is 238 Å². The highest BCUT2D eigenvalue weighted by molar-refractivity contribution is 6.23. The highest BCUT2D eigenvalue weighted by atomic mass is 16.5. The lowest BCUT2D eigenvalue weighted by Crippen LogP contribution is -1.94. The summed E-state index contributed by atoms with van der Waals surface area (Å²) in [5.41, 5.74) is 4.66. The van der Waals surface area contributed by atoms with Gasteiger partial charge in [0.05, 0.1) is 0 Å². The lowest BCUT2D eigenvalue weighted by Gasteiger charge is -2.19. The first-order chi connectivity index (χ1) is 20.3. The van der Waals surface area contributed by atoms with Crippen molar-refractivity contribution in [3.05, 3.63) is 152 Å². The summed E-state index contributed by atoms with van der Waals surface area (Å²) in [6, 6.07) is 49.0. The predicted molar refractivity (Wildman–Crippen MR) is 172 cm³/mol. The number of aromatic nitrogens is 1. The molecule has 0 atom stereocenters. The van der Waals surface area contributed by atoms with Crippen LogP contribution in [-0.4, -0.2) is 4.98 Å². The molecule has 0 saturated heterocycles. The van der Waals surface area contributed by atoms with Gasteiger partial charge in [-0.1, -0.05) is 115 Å². The maximum absolute atomic E-state index is 6.79. The van der Waals surface area contributed by atoms with Gasteiger partial charge in [0, 0.05) is 28.6 Å². The minimum Gasteiger partial charge on any atom is -0.456 e. The minimum atomic E-state index is 0.804. The second-order valence-corrected chi connectivity index (χ2v) is 10.4. The molecule has 0 bridgehead atoms. The number of benzene rings is 7. The van der Waals surface area contributed by atoms with Crippen molar-refractivity contribution in [2.45, 2.75) is 0 Å². The van der Waals surface area contributed by atoms with Crippen molar-refractivity contribution < 1.29 is 4.74 Å². The molecule has 192 valence electrons. The van der Waals surface area contributed by atoms with Crippen LogP contribution in [0.5, 0.6) is 11.5 Å². The topological polar surface area (TPSA) is 22.1 Å². The first kappa shape index (κ1) is 23.4. The van der Waals surface area contributed by atoms with Crippen LogP contribution in [0.2, 0.25) is 0 Å². The van der Waals surface area contributed by atoms with E-state index < -0.39 is 0 Å². The number of hydrogen-bond donors (Lipinski definition) is 0. The summed E-state index contributed by atoms with van der Waals surface area (Å²) in [5, 5.41) is 9.28. The van der Waals surface area contributed by atoms with E-state index in [0.717, 1.165) is 44.2 Å². The number of fused-ring (bicyclic) bond motifs is 5. The molecular formula is C39H25NO. The van der Waals surface area contributed by atoms with Crippen molar-refractivity contribution in [2.24, 2.45) is 0 Å². The lowest BCUT2D eigenvalue weighted by atomic mass is 9.87. The predicted octanol–water partition coefficient (Wildman–Crippen LogP) is 10.8. The van der Waals surface area contributed by atoms with Crippen molar-refractivity contribution in [3.8, 4) is 33.8 Å². The van der Waals surface area contributed by atoms with Gasteiger partial charge >= 0.3 is 0 Å². The molecule has 41 heavy (non-hydrogen) atoms. The molecule has 0 aliphatic heterocycles. The molecule has 2 nitrogen and oxygen atoms in total. The zero-order valence-corrected chi connectivity index (χ0v) is 22.3. The van der Waals surface area contributed by atoms with Crippen molar-refractivity contribution in [2.75, 3.05) is 0 Å². The largest absolute Gasteiger partial charge is 0.456 e. The van der Waals surface area contributed by atoms with Crippen LogP contribution in [-0.2, 0) is 0 Å². The van der Waals surface area contributed by atoms with Crippen molar-refractivity contribution in [1.82, 2.24) is 4.98 Å². The maximum atomic E-state index is 6.79. The summed E-state index contributed by atoms with van der Waals surface area (Å²) in [4.78, 5) is 4.59. The molecule has 1 aromatic heterocycles. The molecule has 0 N–H and O–H groups in total. The number of ether oxygens (including phenoxy) is 1. The third-order valence-corrected chi connectivity index (χ3v) is 7.97. The number of rotatable bonds is 4. The SMILES string of the molecule is c1ccc(-c2cccc(Oc3c4ccccc4c(-c4cc5ccccc5c5ccccc45)c4cnccc34)c2)cc1. The Kier molecular flexibility index (Phi) is 5.49. The van der Waals surface area contributed by atoms with E-state index in [1.165, 1.54) is 32.7 Å². The summed E-state index contributed by atoms with van der Waals surface area (Å²) in [7, 11) is 0. The van der Waals surface area contributed by atoms with Gasteiger partial charge < -0.3 is 4.74 Å². The van der Waals surface area contributed by atoms with Crippen LogP contribution >= 0.6 is 0 Å². The zero-order valence-electron chi connectivity index (χ0n) is 22.3. The van der Waals surface area contributed by atoms with Gasteiger partial charge in [-0.2, -0.15) is 0 Å². The molecule has 0 spiro atoms. The Morgan fingerprint density at radius 3 is 1.95 bits per heavy atom.